The number of carbonyl (C=O) groups excluding carboxylic acids is 1. The summed E-state index contributed by atoms with van der Waals surface area (Å²) in [6.45, 7) is 5.83. The Kier molecular flexibility index (Phi) is 4.63. The van der Waals surface area contributed by atoms with Crippen LogP contribution in [-0.2, 0) is 14.9 Å². The van der Waals surface area contributed by atoms with Gasteiger partial charge in [-0.1, -0.05) is 12.1 Å². The average molecular weight is 305 g/mol. The predicted octanol–water partition coefficient (Wildman–Crippen LogP) is 3.66. The van der Waals surface area contributed by atoms with Gasteiger partial charge in [0.2, 0.25) is 0 Å². The lowest BCUT2D eigenvalue weighted by Gasteiger charge is -2.19. The van der Waals surface area contributed by atoms with E-state index in [0.29, 0.717) is 6.61 Å². The summed E-state index contributed by atoms with van der Waals surface area (Å²) in [5, 5.41) is 2.77. The summed E-state index contributed by atoms with van der Waals surface area (Å²) in [5.41, 5.74) is 0.956. The van der Waals surface area contributed by atoms with E-state index in [1.54, 1.807) is 14.0 Å². The number of aromatic nitrogens is 1. The zero-order chi connectivity index (χ0) is 15.5. The molecule has 1 aromatic carbocycles. The molecule has 0 aliphatic heterocycles. The molecule has 0 saturated carbocycles. The Labute approximate surface area is 128 Å². The number of ether oxygens (including phenoxy) is 2. The molecule has 0 aliphatic rings. The van der Waals surface area contributed by atoms with Gasteiger partial charge < -0.3 is 9.47 Å². The highest BCUT2D eigenvalue weighted by Crippen LogP contribution is 2.32. The third-order valence-electron chi connectivity index (χ3n) is 3.25. The minimum Gasteiger partial charge on any atom is -0.497 e. The normalized spacial score (nSPS) is 11.2. The molecule has 0 spiro atoms. The second-order valence-electron chi connectivity index (χ2n) is 5.12. The van der Waals surface area contributed by atoms with Crippen molar-refractivity contribution in [2.24, 2.45) is 0 Å². The van der Waals surface area contributed by atoms with Gasteiger partial charge in [0.25, 0.3) is 0 Å². The largest absolute Gasteiger partial charge is 0.497 e. The summed E-state index contributed by atoms with van der Waals surface area (Å²) >= 11 is 1.51. The van der Waals surface area contributed by atoms with Crippen LogP contribution in [0.5, 0.6) is 5.75 Å². The molecule has 0 radical (unpaired) electrons. The highest BCUT2D eigenvalue weighted by molar-refractivity contribution is 7.13. The zero-order valence-corrected chi connectivity index (χ0v) is 13.5. The molecule has 1 heterocycles. The van der Waals surface area contributed by atoms with Crippen LogP contribution in [0.1, 0.15) is 26.5 Å². The third kappa shape index (κ3) is 3.24. The highest BCUT2D eigenvalue weighted by Gasteiger charge is 2.34. The van der Waals surface area contributed by atoms with Gasteiger partial charge in [0.05, 0.1) is 19.4 Å². The number of benzene rings is 1. The predicted molar refractivity (Wildman–Crippen MR) is 83.8 cm³/mol. The Hall–Kier alpha value is -1.88. The first-order chi connectivity index (χ1) is 9.98. The first kappa shape index (κ1) is 15.5. The minimum absolute atomic E-state index is 0.257. The van der Waals surface area contributed by atoms with Crippen molar-refractivity contribution in [3.8, 4) is 16.3 Å². The van der Waals surface area contributed by atoms with Gasteiger partial charge >= 0.3 is 5.97 Å². The van der Waals surface area contributed by atoms with Gasteiger partial charge in [-0.3, -0.25) is 4.79 Å². The molecule has 0 saturated heterocycles. The molecule has 2 aromatic rings. The van der Waals surface area contributed by atoms with Crippen LogP contribution in [0, 0.1) is 0 Å². The number of nitrogens with zero attached hydrogens (tertiary/aromatic N) is 1. The quantitative estimate of drug-likeness (QED) is 0.791. The van der Waals surface area contributed by atoms with Crippen molar-refractivity contribution in [1.82, 2.24) is 4.98 Å². The van der Waals surface area contributed by atoms with E-state index in [4.69, 9.17) is 9.47 Å². The number of methoxy groups -OCH3 is 1. The van der Waals surface area contributed by atoms with Gasteiger partial charge in [-0.25, -0.2) is 4.98 Å². The Morgan fingerprint density at radius 1 is 1.38 bits per heavy atom. The molecule has 0 atom stereocenters. The molecular weight excluding hydrogens is 286 g/mol. The molecule has 0 N–H and O–H groups in total. The van der Waals surface area contributed by atoms with Gasteiger partial charge in [0, 0.05) is 10.9 Å². The summed E-state index contributed by atoms with van der Waals surface area (Å²) in [6, 6.07) is 7.72. The van der Waals surface area contributed by atoms with Gasteiger partial charge in [0.1, 0.15) is 16.2 Å². The van der Waals surface area contributed by atoms with E-state index in [1.807, 2.05) is 43.5 Å². The molecule has 4 nitrogen and oxygen atoms in total. The summed E-state index contributed by atoms with van der Waals surface area (Å²) in [7, 11) is 1.64. The van der Waals surface area contributed by atoms with Gasteiger partial charge in [-0.15, -0.1) is 11.3 Å². The van der Waals surface area contributed by atoms with Gasteiger partial charge in [-0.05, 0) is 32.9 Å². The van der Waals surface area contributed by atoms with Crippen molar-refractivity contribution in [3.63, 3.8) is 0 Å². The van der Waals surface area contributed by atoms with Crippen LogP contribution in [-0.4, -0.2) is 24.7 Å². The monoisotopic (exact) mass is 305 g/mol. The molecule has 5 heteroatoms. The molecule has 0 aliphatic carbocycles. The molecule has 2 rings (SSSR count). The fourth-order valence-corrected chi connectivity index (χ4v) is 2.85. The van der Waals surface area contributed by atoms with Crippen LogP contribution < -0.4 is 4.74 Å². The second kappa shape index (κ2) is 6.26. The van der Waals surface area contributed by atoms with E-state index < -0.39 is 5.41 Å². The second-order valence-corrected chi connectivity index (χ2v) is 5.97. The smallest absolute Gasteiger partial charge is 0.317 e. The maximum Gasteiger partial charge on any atom is 0.317 e. The topological polar surface area (TPSA) is 48.4 Å². The molecular formula is C16H19NO3S. The summed E-state index contributed by atoms with van der Waals surface area (Å²) in [6.07, 6.45) is 0. The van der Waals surface area contributed by atoms with Crippen molar-refractivity contribution in [1.29, 1.82) is 0 Å². The first-order valence-corrected chi connectivity index (χ1v) is 7.64. The maximum absolute atomic E-state index is 12.0. The van der Waals surface area contributed by atoms with E-state index in [-0.39, 0.29) is 5.97 Å². The number of hydrogen-bond donors (Lipinski definition) is 0. The first-order valence-electron chi connectivity index (χ1n) is 6.76. The Balaban J connectivity index is 2.30. The summed E-state index contributed by atoms with van der Waals surface area (Å²) in [5.74, 6) is 0.529. The van der Waals surface area contributed by atoms with Gasteiger partial charge in [-0.2, -0.15) is 0 Å². The molecule has 21 heavy (non-hydrogen) atoms. The van der Waals surface area contributed by atoms with Crippen LogP contribution in [0.4, 0.5) is 0 Å². The summed E-state index contributed by atoms with van der Waals surface area (Å²) < 4.78 is 10.3. The lowest BCUT2D eigenvalue weighted by Crippen LogP contribution is -2.31. The lowest BCUT2D eigenvalue weighted by molar-refractivity contribution is -0.148. The molecule has 0 fully saturated rings. The lowest BCUT2D eigenvalue weighted by atomic mass is 9.90. The number of thiazole rings is 1. The van der Waals surface area contributed by atoms with Crippen molar-refractivity contribution in [3.05, 3.63) is 35.3 Å². The average Bonchev–Trinajstić information content (AvgIpc) is 2.98. The molecule has 0 unspecified atom stereocenters. The zero-order valence-electron chi connectivity index (χ0n) is 12.7. The Bertz CT molecular complexity index is 634. The van der Waals surface area contributed by atoms with Crippen molar-refractivity contribution >= 4 is 17.3 Å². The van der Waals surface area contributed by atoms with Crippen LogP contribution in [0.25, 0.3) is 10.6 Å². The van der Waals surface area contributed by atoms with Crippen molar-refractivity contribution in [2.45, 2.75) is 26.2 Å². The standard InChI is InChI=1S/C16H19NO3S/c1-5-20-15(18)16(2,3)13-10-21-14(17-13)11-7-6-8-12(9-11)19-4/h6-10H,5H2,1-4H3. The highest BCUT2D eigenvalue weighted by atomic mass is 32.1. The molecule has 0 amide bonds. The number of carbonyl (C=O) groups is 1. The van der Waals surface area contributed by atoms with E-state index >= 15 is 0 Å². The summed E-state index contributed by atoms with van der Waals surface area (Å²) in [4.78, 5) is 16.6. The molecule has 1 aromatic heterocycles. The fourth-order valence-electron chi connectivity index (χ4n) is 1.87. The Morgan fingerprint density at radius 2 is 2.14 bits per heavy atom. The third-order valence-corrected chi connectivity index (χ3v) is 4.14. The fraction of sp³-hybridized carbons (Fsp3) is 0.375. The number of esters is 1. The van der Waals surface area contributed by atoms with Crippen molar-refractivity contribution < 1.29 is 14.3 Å². The van der Waals surface area contributed by atoms with Crippen molar-refractivity contribution in [2.75, 3.05) is 13.7 Å². The van der Waals surface area contributed by atoms with E-state index in [2.05, 4.69) is 4.98 Å². The van der Waals surface area contributed by atoms with E-state index in [1.165, 1.54) is 11.3 Å². The number of rotatable bonds is 5. The van der Waals surface area contributed by atoms with Crippen LogP contribution in [0.15, 0.2) is 29.6 Å². The minimum atomic E-state index is -0.746. The number of hydrogen-bond acceptors (Lipinski definition) is 5. The molecule has 0 bridgehead atoms. The van der Waals surface area contributed by atoms with Crippen LogP contribution in [0.2, 0.25) is 0 Å². The van der Waals surface area contributed by atoms with E-state index in [0.717, 1.165) is 22.0 Å². The van der Waals surface area contributed by atoms with E-state index in [9.17, 15) is 4.79 Å². The molecule has 112 valence electrons. The van der Waals surface area contributed by atoms with Crippen LogP contribution >= 0.6 is 11.3 Å². The maximum atomic E-state index is 12.0. The van der Waals surface area contributed by atoms with Crippen LogP contribution in [0.3, 0.4) is 0 Å². The Morgan fingerprint density at radius 3 is 2.81 bits per heavy atom. The van der Waals surface area contributed by atoms with Gasteiger partial charge in [0.15, 0.2) is 0 Å². The SMILES string of the molecule is CCOC(=O)C(C)(C)c1csc(-c2cccc(OC)c2)n1.